The van der Waals surface area contributed by atoms with Gasteiger partial charge in [0.15, 0.2) is 0 Å². The molecule has 0 aliphatic carbocycles. The molecule has 0 saturated carbocycles. The quantitative estimate of drug-likeness (QED) is 0.723. The van der Waals surface area contributed by atoms with Gasteiger partial charge in [-0.2, -0.15) is 0 Å². The van der Waals surface area contributed by atoms with Crippen LogP contribution in [0.25, 0.3) is 11.0 Å². The molecule has 0 bridgehead atoms. The third-order valence-electron chi connectivity index (χ3n) is 4.88. The predicted octanol–water partition coefficient (Wildman–Crippen LogP) is 4.06. The smallest absolute Gasteiger partial charge is 0.133 e. The van der Waals surface area contributed by atoms with E-state index in [1.54, 1.807) is 6.26 Å². The van der Waals surface area contributed by atoms with Gasteiger partial charge in [0.2, 0.25) is 0 Å². The lowest BCUT2D eigenvalue weighted by molar-refractivity contribution is 0.122. The van der Waals surface area contributed by atoms with E-state index in [9.17, 15) is 0 Å². The first-order chi connectivity index (χ1) is 11.8. The molecule has 0 unspecified atom stereocenters. The molecule has 0 N–H and O–H groups in total. The van der Waals surface area contributed by atoms with E-state index in [0.717, 1.165) is 44.9 Å². The highest BCUT2D eigenvalue weighted by molar-refractivity contribution is 5.77. The Labute approximate surface area is 143 Å². The number of nitrogens with zero attached hydrogens (tertiary/aromatic N) is 2. The second kappa shape index (κ2) is 6.80. The van der Waals surface area contributed by atoms with Crippen molar-refractivity contribution in [2.45, 2.75) is 20.0 Å². The van der Waals surface area contributed by atoms with Crippen molar-refractivity contribution < 1.29 is 4.42 Å². The number of piperazine rings is 1. The van der Waals surface area contributed by atoms with Gasteiger partial charge in [0, 0.05) is 44.7 Å². The average molecular weight is 320 g/mol. The molecule has 1 aliphatic heterocycles. The van der Waals surface area contributed by atoms with Crippen molar-refractivity contribution in [2.75, 3.05) is 26.2 Å². The van der Waals surface area contributed by atoms with Crippen molar-refractivity contribution in [1.82, 2.24) is 9.80 Å². The molecule has 124 valence electrons. The molecule has 2 heterocycles. The van der Waals surface area contributed by atoms with E-state index in [0.29, 0.717) is 0 Å². The predicted molar refractivity (Wildman–Crippen MR) is 97.9 cm³/mol. The number of aryl methyl sites for hydroxylation is 1. The molecule has 0 amide bonds. The van der Waals surface area contributed by atoms with E-state index in [4.69, 9.17) is 4.42 Å². The Morgan fingerprint density at radius 1 is 0.833 bits per heavy atom. The van der Waals surface area contributed by atoms with E-state index < -0.39 is 0 Å². The fourth-order valence-electron chi connectivity index (χ4n) is 3.55. The minimum atomic E-state index is 0.974. The maximum atomic E-state index is 5.42. The Morgan fingerprint density at radius 2 is 1.54 bits per heavy atom. The molecule has 2 aromatic carbocycles. The fraction of sp³-hybridized carbons (Fsp3) is 0.333. The van der Waals surface area contributed by atoms with E-state index in [-0.39, 0.29) is 0 Å². The SMILES string of the molecule is Cc1cccc(CN2CCN(Cc3ccc4occc4c3)CC2)c1. The Bertz CT molecular complexity index is 815. The highest BCUT2D eigenvalue weighted by Gasteiger charge is 2.17. The van der Waals surface area contributed by atoms with Crippen LogP contribution in [0.5, 0.6) is 0 Å². The van der Waals surface area contributed by atoms with Crippen molar-refractivity contribution >= 4 is 11.0 Å². The molecular formula is C21H24N2O. The molecule has 3 nitrogen and oxygen atoms in total. The minimum absolute atomic E-state index is 0.974. The van der Waals surface area contributed by atoms with Crippen molar-refractivity contribution in [3.8, 4) is 0 Å². The minimum Gasteiger partial charge on any atom is -0.464 e. The number of hydrogen-bond donors (Lipinski definition) is 0. The standard InChI is InChI=1S/C21H24N2O/c1-17-3-2-4-18(13-17)15-22-8-10-23(11-9-22)16-19-5-6-21-20(14-19)7-12-24-21/h2-7,12-14H,8-11,15-16H2,1H3. The van der Waals surface area contributed by atoms with Crippen molar-refractivity contribution in [3.05, 3.63) is 71.5 Å². The molecule has 4 rings (SSSR count). The zero-order valence-corrected chi connectivity index (χ0v) is 14.2. The Morgan fingerprint density at radius 3 is 2.25 bits per heavy atom. The summed E-state index contributed by atoms with van der Waals surface area (Å²) in [5.74, 6) is 0. The lowest BCUT2D eigenvalue weighted by atomic mass is 10.1. The number of furan rings is 1. The normalized spacial score (nSPS) is 16.7. The van der Waals surface area contributed by atoms with Gasteiger partial charge in [0.1, 0.15) is 5.58 Å². The number of rotatable bonds is 4. The highest BCUT2D eigenvalue weighted by Crippen LogP contribution is 2.19. The molecule has 0 atom stereocenters. The molecule has 1 saturated heterocycles. The summed E-state index contributed by atoms with van der Waals surface area (Å²) >= 11 is 0. The first kappa shape index (κ1) is 15.4. The highest BCUT2D eigenvalue weighted by atomic mass is 16.3. The largest absolute Gasteiger partial charge is 0.464 e. The summed E-state index contributed by atoms with van der Waals surface area (Å²) in [6, 6.07) is 17.4. The van der Waals surface area contributed by atoms with Crippen LogP contribution >= 0.6 is 0 Å². The Kier molecular flexibility index (Phi) is 4.37. The van der Waals surface area contributed by atoms with E-state index >= 15 is 0 Å². The second-order valence-electron chi connectivity index (χ2n) is 6.83. The van der Waals surface area contributed by atoms with Gasteiger partial charge in [0.25, 0.3) is 0 Å². The number of fused-ring (bicyclic) bond motifs is 1. The van der Waals surface area contributed by atoms with Crippen LogP contribution in [-0.2, 0) is 13.1 Å². The lowest BCUT2D eigenvalue weighted by Crippen LogP contribution is -2.45. The summed E-state index contributed by atoms with van der Waals surface area (Å²) in [6.45, 7) is 8.81. The molecule has 1 aromatic heterocycles. The second-order valence-corrected chi connectivity index (χ2v) is 6.83. The van der Waals surface area contributed by atoms with Crippen molar-refractivity contribution in [1.29, 1.82) is 0 Å². The van der Waals surface area contributed by atoms with Crippen LogP contribution in [0.15, 0.2) is 59.2 Å². The van der Waals surface area contributed by atoms with Crippen molar-refractivity contribution in [2.24, 2.45) is 0 Å². The van der Waals surface area contributed by atoms with Gasteiger partial charge in [-0.25, -0.2) is 0 Å². The number of hydrogen-bond acceptors (Lipinski definition) is 3. The first-order valence-corrected chi connectivity index (χ1v) is 8.73. The lowest BCUT2D eigenvalue weighted by Gasteiger charge is -2.34. The summed E-state index contributed by atoms with van der Waals surface area (Å²) in [4.78, 5) is 5.11. The van der Waals surface area contributed by atoms with E-state index in [1.165, 1.54) is 22.1 Å². The zero-order valence-electron chi connectivity index (χ0n) is 14.2. The molecule has 0 spiro atoms. The van der Waals surface area contributed by atoms with Crippen LogP contribution < -0.4 is 0 Å². The van der Waals surface area contributed by atoms with Crippen molar-refractivity contribution in [3.63, 3.8) is 0 Å². The monoisotopic (exact) mass is 320 g/mol. The zero-order chi connectivity index (χ0) is 16.4. The topological polar surface area (TPSA) is 19.6 Å². The molecule has 1 fully saturated rings. The summed E-state index contributed by atoms with van der Waals surface area (Å²) in [5, 5.41) is 1.20. The molecule has 3 aromatic rings. The van der Waals surface area contributed by atoms with E-state index in [1.807, 2.05) is 6.07 Å². The van der Waals surface area contributed by atoms with Gasteiger partial charge < -0.3 is 4.42 Å². The van der Waals surface area contributed by atoms with Gasteiger partial charge in [0.05, 0.1) is 6.26 Å². The first-order valence-electron chi connectivity index (χ1n) is 8.73. The summed E-state index contributed by atoms with van der Waals surface area (Å²) in [5.41, 5.74) is 5.12. The molecule has 24 heavy (non-hydrogen) atoms. The van der Waals surface area contributed by atoms with Gasteiger partial charge in [-0.15, -0.1) is 0 Å². The maximum absolute atomic E-state index is 5.42. The van der Waals surface area contributed by atoms with Gasteiger partial charge in [-0.05, 0) is 36.2 Å². The molecule has 3 heteroatoms. The average Bonchev–Trinajstić information content (AvgIpc) is 3.04. The van der Waals surface area contributed by atoms with Crippen LogP contribution in [0.4, 0.5) is 0 Å². The van der Waals surface area contributed by atoms with Crippen LogP contribution in [0.2, 0.25) is 0 Å². The van der Waals surface area contributed by atoms with Crippen LogP contribution in [0, 0.1) is 6.92 Å². The van der Waals surface area contributed by atoms with Gasteiger partial charge in [-0.1, -0.05) is 35.9 Å². The summed E-state index contributed by atoms with van der Waals surface area (Å²) in [7, 11) is 0. The third-order valence-corrected chi connectivity index (χ3v) is 4.88. The molecule has 1 aliphatic rings. The summed E-state index contributed by atoms with van der Waals surface area (Å²) in [6.07, 6.45) is 1.76. The Hall–Kier alpha value is -2.10. The van der Waals surface area contributed by atoms with Gasteiger partial charge >= 0.3 is 0 Å². The number of benzene rings is 2. The van der Waals surface area contributed by atoms with Crippen LogP contribution in [-0.4, -0.2) is 36.0 Å². The molecule has 0 radical (unpaired) electrons. The summed E-state index contributed by atoms with van der Waals surface area (Å²) < 4.78 is 5.42. The maximum Gasteiger partial charge on any atom is 0.133 e. The third kappa shape index (κ3) is 3.53. The van der Waals surface area contributed by atoms with Gasteiger partial charge in [-0.3, -0.25) is 9.80 Å². The Balaban J connectivity index is 1.32. The van der Waals surface area contributed by atoms with Crippen LogP contribution in [0.1, 0.15) is 16.7 Å². The van der Waals surface area contributed by atoms with E-state index in [2.05, 4.69) is 59.2 Å². The molecular weight excluding hydrogens is 296 g/mol. The van der Waals surface area contributed by atoms with Crippen LogP contribution in [0.3, 0.4) is 0 Å². The fourth-order valence-corrected chi connectivity index (χ4v) is 3.55.